The van der Waals surface area contributed by atoms with Gasteiger partial charge in [0, 0.05) is 6.04 Å². The zero-order chi connectivity index (χ0) is 19.6. The second-order valence-corrected chi connectivity index (χ2v) is 7.75. The van der Waals surface area contributed by atoms with Crippen molar-refractivity contribution in [2.45, 2.75) is 38.9 Å². The van der Waals surface area contributed by atoms with Gasteiger partial charge in [-0.2, -0.15) is 0 Å². The van der Waals surface area contributed by atoms with E-state index in [0.29, 0.717) is 16.1 Å². The van der Waals surface area contributed by atoms with Gasteiger partial charge in [-0.05, 0) is 51.0 Å². The molecule has 27 heavy (non-hydrogen) atoms. The van der Waals surface area contributed by atoms with Gasteiger partial charge in [-0.25, -0.2) is 4.98 Å². The van der Waals surface area contributed by atoms with Crippen molar-refractivity contribution in [3.05, 3.63) is 63.9 Å². The summed E-state index contributed by atoms with van der Waals surface area (Å²) in [7, 11) is 0. The van der Waals surface area contributed by atoms with E-state index in [2.05, 4.69) is 5.32 Å². The highest BCUT2D eigenvalue weighted by Crippen LogP contribution is 2.25. The summed E-state index contributed by atoms with van der Waals surface area (Å²) < 4.78 is 1.64. The van der Waals surface area contributed by atoms with Crippen molar-refractivity contribution < 1.29 is 4.79 Å². The van der Waals surface area contributed by atoms with E-state index in [0.717, 1.165) is 16.8 Å². The average molecular weight is 382 g/mol. The molecule has 2 aromatic carbocycles. The lowest BCUT2D eigenvalue weighted by Gasteiger charge is -2.17. The minimum Gasteiger partial charge on any atom is -0.353 e. The minimum absolute atomic E-state index is 0.0727. The van der Waals surface area contributed by atoms with Gasteiger partial charge in [-0.15, -0.1) is 0 Å². The Hall–Kier alpha value is -2.60. The number of hydrogen-bond donors (Lipinski definition) is 1. The Bertz CT molecular complexity index is 1040. The van der Waals surface area contributed by atoms with Crippen LogP contribution in [0.15, 0.2) is 52.4 Å². The van der Waals surface area contributed by atoms with Crippen molar-refractivity contribution in [2.24, 2.45) is 0 Å². The zero-order valence-electron chi connectivity index (χ0n) is 15.9. The normalized spacial score (nSPS) is 11.1. The number of para-hydroxylation sites is 2. The number of thioether (sulfide) groups is 1. The van der Waals surface area contributed by atoms with Gasteiger partial charge < -0.3 is 5.32 Å². The highest BCUT2D eigenvalue weighted by atomic mass is 32.2. The van der Waals surface area contributed by atoms with E-state index in [1.807, 2.05) is 64.1 Å². The van der Waals surface area contributed by atoms with Crippen LogP contribution in [0, 0.1) is 13.8 Å². The maximum absolute atomic E-state index is 13.3. The van der Waals surface area contributed by atoms with Crippen LogP contribution < -0.4 is 10.9 Å². The lowest BCUT2D eigenvalue weighted by molar-refractivity contribution is -0.119. The number of aromatic nitrogens is 2. The molecule has 0 aliphatic heterocycles. The van der Waals surface area contributed by atoms with Crippen LogP contribution in [0.5, 0.6) is 0 Å². The summed E-state index contributed by atoms with van der Waals surface area (Å²) in [5.41, 5.74) is 3.32. The second kappa shape index (κ2) is 7.96. The van der Waals surface area contributed by atoms with E-state index in [1.165, 1.54) is 11.8 Å². The quantitative estimate of drug-likeness (QED) is 0.542. The van der Waals surface area contributed by atoms with Crippen molar-refractivity contribution in [1.29, 1.82) is 0 Å². The number of amides is 1. The fourth-order valence-electron chi connectivity index (χ4n) is 3.06. The fourth-order valence-corrected chi connectivity index (χ4v) is 3.87. The van der Waals surface area contributed by atoms with Gasteiger partial charge >= 0.3 is 0 Å². The lowest BCUT2D eigenvalue weighted by Crippen LogP contribution is -2.32. The van der Waals surface area contributed by atoms with Crippen LogP contribution in [-0.4, -0.2) is 27.3 Å². The largest absolute Gasteiger partial charge is 0.353 e. The highest BCUT2D eigenvalue weighted by molar-refractivity contribution is 7.99. The van der Waals surface area contributed by atoms with Crippen LogP contribution in [0.2, 0.25) is 0 Å². The van der Waals surface area contributed by atoms with Gasteiger partial charge in [0.1, 0.15) is 0 Å². The SMILES string of the molecule is Cc1cccc(C)c1-n1c(SCC(=O)NC(C)C)nc2ccccc2c1=O. The molecule has 0 spiro atoms. The third kappa shape index (κ3) is 4.06. The average Bonchev–Trinajstić information content (AvgIpc) is 2.61. The predicted octanol–water partition coefficient (Wildman–Crippen LogP) is 3.62. The molecule has 1 heterocycles. The van der Waals surface area contributed by atoms with Gasteiger partial charge in [-0.3, -0.25) is 14.2 Å². The van der Waals surface area contributed by atoms with Crippen LogP contribution in [0.3, 0.4) is 0 Å². The number of rotatable bonds is 5. The molecule has 6 heteroatoms. The Balaban J connectivity index is 2.16. The van der Waals surface area contributed by atoms with Crippen LogP contribution in [0.4, 0.5) is 0 Å². The van der Waals surface area contributed by atoms with Crippen LogP contribution in [0.1, 0.15) is 25.0 Å². The number of benzene rings is 2. The van der Waals surface area contributed by atoms with Crippen molar-refractivity contribution in [1.82, 2.24) is 14.9 Å². The van der Waals surface area contributed by atoms with Gasteiger partial charge in [-0.1, -0.05) is 42.1 Å². The molecule has 3 aromatic rings. The number of carbonyl (C=O) groups is 1. The number of carbonyl (C=O) groups excluding carboxylic acids is 1. The topological polar surface area (TPSA) is 64.0 Å². The van der Waals surface area contributed by atoms with Gasteiger partial charge in [0.25, 0.3) is 5.56 Å². The number of hydrogen-bond acceptors (Lipinski definition) is 4. The Kier molecular flexibility index (Phi) is 5.65. The van der Waals surface area contributed by atoms with E-state index < -0.39 is 0 Å². The molecule has 1 amide bonds. The molecule has 0 bridgehead atoms. The number of nitrogens with zero attached hydrogens (tertiary/aromatic N) is 2. The van der Waals surface area contributed by atoms with Crippen molar-refractivity contribution in [3.8, 4) is 5.69 Å². The number of fused-ring (bicyclic) bond motifs is 1. The Morgan fingerprint density at radius 2 is 1.78 bits per heavy atom. The van der Waals surface area contributed by atoms with Gasteiger partial charge in [0.15, 0.2) is 5.16 Å². The first-order valence-electron chi connectivity index (χ1n) is 8.89. The molecule has 140 valence electrons. The Labute approximate surface area is 162 Å². The lowest BCUT2D eigenvalue weighted by atomic mass is 10.1. The summed E-state index contributed by atoms with van der Waals surface area (Å²) in [6, 6.07) is 13.3. The molecule has 5 nitrogen and oxygen atoms in total. The van der Waals surface area contributed by atoms with Gasteiger partial charge in [0.2, 0.25) is 5.91 Å². The summed E-state index contributed by atoms with van der Waals surface area (Å²) >= 11 is 1.28. The third-order valence-corrected chi connectivity index (χ3v) is 5.13. The van der Waals surface area contributed by atoms with E-state index >= 15 is 0 Å². The summed E-state index contributed by atoms with van der Waals surface area (Å²) in [5.74, 6) is 0.124. The van der Waals surface area contributed by atoms with Crippen molar-refractivity contribution >= 4 is 28.6 Å². The molecule has 0 unspecified atom stereocenters. The summed E-state index contributed by atoms with van der Waals surface area (Å²) in [6.45, 7) is 7.79. The van der Waals surface area contributed by atoms with E-state index in [-0.39, 0.29) is 23.3 Å². The molecule has 0 atom stereocenters. The number of nitrogens with one attached hydrogen (secondary N) is 1. The molecule has 1 N–H and O–H groups in total. The van der Waals surface area contributed by atoms with Crippen molar-refractivity contribution in [3.63, 3.8) is 0 Å². The first-order chi connectivity index (χ1) is 12.9. The fraction of sp³-hybridized carbons (Fsp3) is 0.286. The molecule has 1 aromatic heterocycles. The first-order valence-corrected chi connectivity index (χ1v) is 9.87. The molecule has 0 aliphatic carbocycles. The number of aryl methyl sites for hydroxylation is 2. The van der Waals surface area contributed by atoms with E-state index in [1.54, 1.807) is 10.6 Å². The monoisotopic (exact) mass is 381 g/mol. The molecule has 0 radical (unpaired) electrons. The van der Waals surface area contributed by atoms with Crippen molar-refractivity contribution in [2.75, 3.05) is 5.75 Å². The molecule has 0 aliphatic rings. The Morgan fingerprint density at radius 3 is 2.44 bits per heavy atom. The van der Waals surface area contributed by atoms with Crippen LogP contribution in [0.25, 0.3) is 16.6 Å². The Morgan fingerprint density at radius 1 is 1.11 bits per heavy atom. The predicted molar refractivity (Wildman–Crippen MR) is 111 cm³/mol. The smallest absolute Gasteiger partial charge is 0.266 e. The molecule has 3 rings (SSSR count). The molecular weight excluding hydrogens is 358 g/mol. The molecule has 0 fully saturated rings. The maximum Gasteiger partial charge on any atom is 0.266 e. The van der Waals surface area contributed by atoms with E-state index in [9.17, 15) is 9.59 Å². The third-order valence-electron chi connectivity index (χ3n) is 4.19. The zero-order valence-corrected chi connectivity index (χ0v) is 16.8. The minimum atomic E-state index is -0.121. The first kappa shape index (κ1) is 19.2. The van der Waals surface area contributed by atoms with Crippen LogP contribution >= 0.6 is 11.8 Å². The maximum atomic E-state index is 13.3. The molecule has 0 saturated carbocycles. The molecule has 0 saturated heterocycles. The summed E-state index contributed by atoms with van der Waals surface area (Å²) in [5, 5.41) is 3.96. The van der Waals surface area contributed by atoms with Gasteiger partial charge in [0.05, 0.1) is 22.3 Å². The summed E-state index contributed by atoms with van der Waals surface area (Å²) in [6.07, 6.45) is 0. The van der Waals surface area contributed by atoms with E-state index in [4.69, 9.17) is 4.98 Å². The van der Waals surface area contributed by atoms with Crippen LogP contribution in [-0.2, 0) is 4.79 Å². The highest BCUT2D eigenvalue weighted by Gasteiger charge is 2.17. The molecular formula is C21H23N3O2S. The standard InChI is InChI=1S/C21H23N3O2S/c1-13(2)22-18(25)12-27-21-23-17-11-6-5-10-16(17)20(26)24(21)19-14(3)8-7-9-15(19)4/h5-11,13H,12H2,1-4H3,(H,22,25). The summed E-state index contributed by atoms with van der Waals surface area (Å²) in [4.78, 5) is 30.1. The second-order valence-electron chi connectivity index (χ2n) is 6.80.